The van der Waals surface area contributed by atoms with Gasteiger partial charge in [0.15, 0.2) is 5.82 Å². The Morgan fingerprint density at radius 1 is 1.30 bits per heavy atom. The van der Waals surface area contributed by atoms with E-state index in [9.17, 15) is 14.0 Å². The van der Waals surface area contributed by atoms with E-state index in [0.29, 0.717) is 12.2 Å². The first-order valence-electron chi connectivity index (χ1n) is 6.85. The third-order valence-corrected chi connectivity index (χ3v) is 3.54. The number of aryl methyl sites for hydroxylation is 2. The zero-order valence-electron chi connectivity index (χ0n) is 12.6. The molecule has 23 heavy (non-hydrogen) atoms. The van der Waals surface area contributed by atoms with Gasteiger partial charge in [-0.3, -0.25) is 9.59 Å². The maximum Gasteiger partial charge on any atom is 0.313 e. The summed E-state index contributed by atoms with van der Waals surface area (Å²) in [4.78, 5) is 23.5. The van der Waals surface area contributed by atoms with Crippen LogP contribution in [0.5, 0.6) is 0 Å². The van der Waals surface area contributed by atoms with Gasteiger partial charge in [0.1, 0.15) is 5.76 Å². The third kappa shape index (κ3) is 4.07. The minimum atomic E-state index is -0.968. The van der Waals surface area contributed by atoms with Crippen LogP contribution in [0.3, 0.4) is 0 Å². The fraction of sp³-hybridized carbons (Fsp3) is 0.267. The van der Waals surface area contributed by atoms with Crippen molar-refractivity contribution in [2.75, 3.05) is 11.9 Å². The molecule has 8 heteroatoms. The van der Waals surface area contributed by atoms with E-state index in [-0.39, 0.29) is 17.3 Å². The van der Waals surface area contributed by atoms with Crippen molar-refractivity contribution >= 4 is 29.1 Å². The van der Waals surface area contributed by atoms with Crippen molar-refractivity contribution in [2.45, 2.75) is 20.3 Å². The molecule has 0 radical (unpaired) electrons. The van der Waals surface area contributed by atoms with Gasteiger partial charge >= 0.3 is 11.8 Å². The number of aromatic nitrogens is 1. The molecule has 0 bridgehead atoms. The zero-order valence-corrected chi connectivity index (χ0v) is 13.3. The van der Waals surface area contributed by atoms with Crippen LogP contribution in [-0.4, -0.2) is 23.5 Å². The Balaban J connectivity index is 1.88. The van der Waals surface area contributed by atoms with E-state index in [1.165, 1.54) is 18.2 Å². The lowest BCUT2D eigenvalue weighted by Crippen LogP contribution is -2.36. The molecule has 0 aliphatic heterocycles. The van der Waals surface area contributed by atoms with Gasteiger partial charge in [-0.15, -0.1) is 0 Å². The number of nitrogens with zero attached hydrogens (tertiary/aromatic N) is 1. The number of hydrogen-bond acceptors (Lipinski definition) is 4. The number of rotatable bonds is 4. The standard InChI is InChI=1S/C15H15ClFN3O3/c1-8-10(9(2)23-20-8)6-7-18-14(21)15(22)19-12-5-3-4-11(16)13(12)17/h3-5H,6-7H2,1-2H3,(H,18,21)(H,19,22). The summed E-state index contributed by atoms with van der Waals surface area (Å²) < 4.78 is 18.7. The lowest BCUT2D eigenvalue weighted by atomic mass is 10.1. The minimum absolute atomic E-state index is 0.137. The Morgan fingerprint density at radius 3 is 2.70 bits per heavy atom. The minimum Gasteiger partial charge on any atom is -0.361 e. The lowest BCUT2D eigenvalue weighted by Gasteiger charge is -2.08. The van der Waals surface area contributed by atoms with Gasteiger partial charge in [-0.1, -0.05) is 22.8 Å². The van der Waals surface area contributed by atoms with Crippen LogP contribution in [0.15, 0.2) is 22.7 Å². The maximum atomic E-state index is 13.7. The fourth-order valence-corrected chi connectivity index (χ4v) is 2.19. The molecule has 122 valence electrons. The molecule has 0 unspecified atom stereocenters. The summed E-state index contributed by atoms with van der Waals surface area (Å²) in [7, 11) is 0. The average molecular weight is 340 g/mol. The topological polar surface area (TPSA) is 84.2 Å². The predicted molar refractivity (Wildman–Crippen MR) is 82.7 cm³/mol. The Labute approximate surface area is 137 Å². The van der Waals surface area contributed by atoms with Crippen molar-refractivity contribution in [3.8, 4) is 0 Å². The predicted octanol–water partition coefficient (Wildman–Crippen LogP) is 2.38. The van der Waals surface area contributed by atoms with Gasteiger partial charge in [0.05, 0.1) is 16.4 Å². The van der Waals surface area contributed by atoms with Crippen molar-refractivity contribution in [1.29, 1.82) is 0 Å². The molecule has 0 aliphatic rings. The van der Waals surface area contributed by atoms with Crippen LogP contribution in [0, 0.1) is 19.7 Å². The number of halogens is 2. The van der Waals surface area contributed by atoms with E-state index >= 15 is 0 Å². The van der Waals surface area contributed by atoms with E-state index < -0.39 is 17.6 Å². The van der Waals surface area contributed by atoms with Crippen LogP contribution >= 0.6 is 11.6 Å². The van der Waals surface area contributed by atoms with Gasteiger partial charge in [0.25, 0.3) is 0 Å². The number of carbonyl (C=O) groups is 2. The van der Waals surface area contributed by atoms with Gasteiger partial charge in [-0.05, 0) is 32.4 Å². The first-order valence-corrected chi connectivity index (χ1v) is 7.23. The molecule has 2 amide bonds. The monoisotopic (exact) mass is 339 g/mol. The van der Waals surface area contributed by atoms with Gasteiger partial charge in [-0.2, -0.15) is 0 Å². The second-order valence-electron chi connectivity index (χ2n) is 4.86. The average Bonchev–Trinajstić information content (AvgIpc) is 2.83. The van der Waals surface area contributed by atoms with Crippen molar-refractivity contribution in [3.05, 3.63) is 46.1 Å². The number of anilines is 1. The SMILES string of the molecule is Cc1noc(C)c1CCNC(=O)C(=O)Nc1cccc(Cl)c1F. The van der Waals surface area contributed by atoms with Gasteiger partial charge in [-0.25, -0.2) is 4.39 Å². The molecule has 0 fully saturated rings. The van der Waals surface area contributed by atoms with E-state index in [1.54, 1.807) is 13.8 Å². The first kappa shape index (κ1) is 17.0. The Kier molecular flexibility index (Phi) is 5.33. The van der Waals surface area contributed by atoms with Gasteiger partial charge in [0, 0.05) is 12.1 Å². The molecule has 2 N–H and O–H groups in total. The molecular formula is C15H15ClFN3O3. The fourth-order valence-electron chi connectivity index (χ4n) is 2.02. The van der Waals surface area contributed by atoms with Crippen LogP contribution in [-0.2, 0) is 16.0 Å². The highest BCUT2D eigenvalue weighted by molar-refractivity contribution is 6.39. The van der Waals surface area contributed by atoms with Crippen LogP contribution in [0.4, 0.5) is 10.1 Å². The van der Waals surface area contributed by atoms with Gasteiger partial charge in [0.2, 0.25) is 0 Å². The molecule has 0 aliphatic carbocycles. The quantitative estimate of drug-likeness (QED) is 0.838. The molecule has 6 nitrogen and oxygen atoms in total. The third-order valence-electron chi connectivity index (χ3n) is 3.25. The van der Waals surface area contributed by atoms with E-state index in [2.05, 4.69) is 15.8 Å². The maximum absolute atomic E-state index is 13.7. The highest BCUT2D eigenvalue weighted by atomic mass is 35.5. The van der Waals surface area contributed by atoms with E-state index in [4.69, 9.17) is 16.1 Å². The summed E-state index contributed by atoms with van der Waals surface area (Å²) in [6.45, 7) is 3.79. The van der Waals surface area contributed by atoms with Crippen LogP contribution in [0.25, 0.3) is 0 Å². The summed E-state index contributed by atoms with van der Waals surface area (Å²) in [5.74, 6) is -1.95. The number of benzene rings is 1. The second-order valence-corrected chi connectivity index (χ2v) is 5.27. The summed E-state index contributed by atoms with van der Waals surface area (Å²) in [5, 5.41) is 8.29. The Bertz CT molecular complexity index is 726. The number of hydrogen-bond donors (Lipinski definition) is 2. The van der Waals surface area contributed by atoms with E-state index in [0.717, 1.165) is 11.3 Å². The smallest absolute Gasteiger partial charge is 0.313 e. The molecular weight excluding hydrogens is 325 g/mol. The molecule has 0 atom stereocenters. The molecule has 0 spiro atoms. The molecule has 2 aromatic rings. The van der Waals surface area contributed by atoms with Crippen LogP contribution in [0.2, 0.25) is 5.02 Å². The van der Waals surface area contributed by atoms with Crippen LogP contribution in [0.1, 0.15) is 17.0 Å². The number of nitrogens with one attached hydrogen (secondary N) is 2. The Morgan fingerprint density at radius 2 is 2.04 bits per heavy atom. The van der Waals surface area contributed by atoms with Crippen LogP contribution < -0.4 is 10.6 Å². The van der Waals surface area contributed by atoms with E-state index in [1.807, 2.05) is 0 Å². The molecule has 1 heterocycles. The highest BCUT2D eigenvalue weighted by Crippen LogP contribution is 2.21. The summed E-state index contributed by atoms with van der Waals surface area (Å²) >= 11 is 5.61. The number of amides is 2. The molecule has 0 saturated carbocycles. The van der Waals surface area contributed by atoms with Crippen molar-refractivity contribution in [1.82, 2.24) is 10.5 Å². The molecule has 2 rings (SSSR count). The molecule has 1 aromatic carbocycles. The van der Waals surface area contributed by atoms with Crippen molar-refractivity contribution < 1.29 is 18.5 Å². The summed E-state index contributed by atoms with van der Waals surface area (Å²) in [6, 6.07) is 4.13. The molecule has 1 aromatic heterocycles. The van der Waals surface area contributed by atoms with Crippen molar-refractivity contribution in [2.24, 2.45) is 0 Å². The summed E-state index contributed by atoms with van der Waals surface area (Å²) in [5.41, 5.74) is 1.47. The summed E-state index contributed by atoms with van der Waals surface area (Å²) in [6.07, 6.45) is 0.478. The number of carbonyl (C=O) groups excluding carboxylic acids is 2. The normalized spacial score (nSPS) is 10.4. The zero-order chi connectivity index (χ0) is 17.0. The van der Waals surface area contributed by atoms with Gasteiger partial charge < -0.3 is 15.2 Å². The molecule has 0 saturated heterocycles. The highest BCUT2D eigenvalue weighted by Gasteiger charge is 2.17. The Hall–Kier alpha value is -2.41. The second kappa shape index (κ2) is 7.23. The largest absolute Gasteiger partial charge is 0.361 e. The van der Waals surface area contributed by atoms with Crippen molar-refractivity contribution in [3.63, 3.8) is 0 Å². The first-order chi connectivity index (χ1) is 10.9. The lowest BCUT2D eigenvalue weighted by molar-refractivity contribution is -0.136.